The van der Waals surface area contributed by atoms with Crippen molar-refractivity contribution >= 4 is 17.4 Å². The second kappa shape index (κ2) is 13.7. The topological polar surface area (TPSA) is 116 Å². The highest BCUT2D eigenvalue weighted by atomic mass is 19.1. The molecule has 0 spiro atoms. The quantitative estimate of drug-likeness (QED) is 0.174. The van der Waals surface area contributed by atoms with Crippen LogP contribution in [0.5, 0.6) is 5.75 Å². The molecule has 1 N–H and O–H groups in total. The molecule has 0 amide bonds. The molecule has 0 saturated carbocycles. The molecule has 1 fully saturated rings. The fourth-order valence-electron chi connectivity index (χ4n) is 5.78. The fraction of sp³-hybridized carbons (Fsp3) is 0.429. The van der Waals surface area contributed by atoms with Crippen molar-refractivity contribution in [2.24, 2.45) is 0 Å². The summed E-state index contributed by atoms with van der Waals surface area (Å²) in [5.41, 5.74) is 1.95. The Morgan fingerprint density at radius 3 is 2.55 bits per heavy atom. The number of benzene rings is 1. The SMILES string of the molecule is C=CCOc1ccc(F)cc1Cc1cnn(-c2cc3nc(C)c(C(OC(C)(C)C)C(=O)O)c(N4CCC(C)(OCC=C)CC4)n3n2)c1. The summed E-state index contributed by atoms with van der Waals surface area (Å²) in [5, 5.41) is 19.8. The summed E-state index contributed by atoms with van der Waals surface area (Å²) in [6.07, 6.45) is 7.44. The van der Waals surface area contributed by atoms with E-state index in [0.717, 1.165) is 18.4 Å². The number of rotatable bonds is 13. The molecule has 1 aliphatic rings. The van der Waals surface area contributed by atoms with Gasteiger partial charge in [0.05, 0.1) is 29.6 Å². The third-order valence-electron chi connectivity index (χ3n) is 8.06. The standard InChI is InChI=1S/C35H43FN6O5/c1-8-16-45-27-11-10-26(36)19-25(27)18-24-21-37-41(22-24)29-20-28-38-23(3)30(31(33(43)44)47-34(4,5)6)32(42(28)39-29)40-14-12-35(7,13-15-40)46-17-9-2/h8-11,19-22,31H,1-2,12-18H2,3-7H3,(H,43,44). The minimum Gasteiger partial charge on any atom is -0.489 e. The Balaban J connectivity index is 1.55. The van der Waals surface area contributed by atoms with Crippen LogP contribution < -0.4 is 9.64 Å². The zero-order valence-corrected chi connectivity index (χ0v) is 27.7. The van der Waals surface area contributed by atoms with E-state index in [4.69, 9.17) is 24.3 Å². The first-order chi connectivity index (χ1) is 22.3. The number of piperidine rings is 1. The maximum atomic E-state index is 14.1. The van der Waals surface area contributed by atoms with E-state index in [9.17, 15) is 14.3 Å². The first kappa shape index (κ1) is 33.8. The third-order valence-corrected chi connectivity index (χ3v) is 8.06. The number of hydrogen-bond acceptors (Lipinski definition) is 8. The minimum absolute atomic E-state index is 0.303. The maximum Gasteiger partial charge on any atom is 0.337 e. The Bertz CT molecular complexity index is 1770. The highest BCUT2D eigenvalue weighted by molar-refractivity contribution is 5.78. The Hall–Kier alpha value is -4.55. The number of carboxylic acid groups (broad SMARTS) is 1. The third kappa shape index (κ3) is 7.71. The molecular weight excluding hydrogens is 603 g/mol. The van der Waals surface area contributed by atoms with Crippen molar-refractivity contribution in [3.05, 3.63) is 90.2 Å². The highest BCUT2D eigenvalue weighted by Crippen LogP contribution is 2.38. The van der Waals surface area contributed by atoms with E-state index >= 15 is 0 Å². The number of aromatic nitrogens is 5. The molecule has 47 heavy (non-hydrogen) atoms. The van der Waals surface area contributed by atoms with E-state index in [2.05, 4.69) is 30.1 Å². The van der Waals surface area contributed by atoms with E-state index in [1.807, 2.05) is 27.0 Å². The van der Waals surface area contributed by atoms with Gasteiger partial charge in [-0.3, -0.25) is 0 Å². The van der Waals surface area contributed by atoms with Gasteiger partial charge in [0.1, 0.15) is 24.0 Å². The summed E-state index contributed by atoms with van der Waals surface area (Å²) in [4.78, 5) is 19.7. The van der Waals surface area contributed by atoms with E-state index in [-0.39, 0.29) is 11.4 Å². The van der Waals surface area contributed by atoms with Gasteiger partial charge in [-0.25, -0.2) is 18.9 Å². The minimum atomic E-state index is -1.28. The summed E-state index contributed by atoms with van der Waals surface area (Å²) in [6.45, 7) is 18.8. The Morgan fingerprint density at radius 2 is 1.89 bits per heavy atom. The zero-order valence-electron chi connectivity index (χ0n) is 27.7. The van der Waals surface area contributed by atoms with Crippen LogP contribution in [0.3, 0.4) is 0 Å². The summed E-state index contributed by atoms with van der Waals surface area (Å²) in [6, 6.07) is 6.23. The number of carbonyl (C=O) groups is 1. The van der Waals surface area contributed by atoms with Crippen LogP contribution in [0.15, 0.2) is 62.0 Å². The molecule has 12 heteroatoms. The number of aliphatic carboxylic acids is 1. The molecule has 11 nitrogen and oxygen atoms in total. The van der Waals surface area contributed by atoms with Crippen molar-refractivity contribution in [3.8, 4) is 11.6 Å². The van der Waals surface area contributed by atoms with Crippen molar-refractivity contribution in [1.82, 2.24) is 24.4 Å². The molecule has 0 aliphatic carbocycles. The van der Waals surface area contributed by atoms with Gasteiger partial charge in [0.15, 0.2) is 17.6 Å². The van der Waals surface area contributed by atoms with Gasteiger partial charge in [-0.2, -0.15) is 9.61 Å². The summed E-state index contributed by atoms with van der Waals surface area (Å²) < 4.78 is 35.4. The number of nitrogens with zero attached hydrogens (tertiary/aromatic N) is 6. The molecule has 1 unspecified atom stereocenters. The molecule has 250 valence electrons. The fourth-order valence-corrected chi connectivity index (χ4v) is 5.78. The number of hydrogen-bond donors (Lipinski definition) is 1. The Labute approximate surface area is 274 Å². The van der Waals surface area contributed by atoms with Crippen molar-refractivity contribution in [3.63, 3.8) is 0 Å². The van der Waals surface area contributed by atoms with Crippen LogP contribution in [-0.2, 0) is 20.7 Å². The average molecular weight is 647 g/mol. The number of halogens is 1. The monoisotopic (exact) mass is 646 g/mol. The predicted molar refractivity (Wildman–Crippen MR) is 177 cm³/mol. The van der Waals surface area contributed by atoms with E-state index < -0.39 is 17.7 Å². The van der Waals surface area contributed by atoms with Crippen LogP contribution in [0, 0.1) is 12.7 Å². The van der Waals surface area contributed by atoms with E-state index in [0.29, 0.717) is 72.6 Å². The predicted octanol–water partition coefficient (Wildman–Crippen LogP) is 6.02. The first-order valence-corrected chi connectivity index (χ1v) is 15.7. The molecule has 1 aromatic carbocycles. The molecule has 4 aromatic rings. The Morgan fingerprint density at radius 1 is 1.17 bits per heavy atom. The van der Waals surface area contributed by atoms with Crippen molar-refractivity contribution < 1.29 is 28.5 Å². The number of ether oxygens (including phenoxy) is 3. The van der Waals surface area contributed by atoms with Crippen molar-refractivity contribution in [2.75, 3.05) is 31.2 Å². The molecule has 1 saturated heterocycles. The smallest absolute Gasteiger partial charge is 0.337 e. The number of carboxylic acids is 1. The average Bonchev–Trinajstić information content (AvgIpc) is 3.65. The zero-order chi connectivity index (χ0) is 33.9. The lowest BCUT2D eigenvalue weighted by molar-refractivity contribution is -0.160. The van der Waals surface area contributed by atoms with Gasteiger partial charge < -0.3 is 24.2 Å². The van der Waals surface area contributed by atoms with Gasteiger partial charge in [0.2, 0.25) is 0 Å². The van der Waals surface area contributed by atoms with Gasteiger partial charge in [0, 0.05) is 43.0 Å². The molecule has 0 radical (unpaired) electrons. The van der Waals surface area contributed by atoms with Crippen molar-refractivity contribution in [1.29, 1.82) is 0 Å². The number of fused-ring (bicyclic) bond motifs is 1. The summed E-state index contributed by atoms with van der Waals surface area (Å²) >= 11 is 0. The lowest BCUT2D eigenvalue weighted by Gasteiger charge is -2.41. The van der Waals surface area contributed by atoms with Gasteiger partial charge in [-0.05, 0) is 71.2 Å². The van der Waals surface area contributed by atoms with Crippen LogP contribution >= 0.6 is 0 Å². The van der Waals surface area contributed by atoms with Gasteiger partial charge >= 0.3 is 5.97 Å². The van der Waals surface area contributed by atoms with Crippen molar-refractivity contribution in [2.45, 2.75) is 71.2 Å². The summed E-state index contributed by atoms with van der Waals surface area (Å²) in [5.74, 6) is 0.200. The summed E-state index contributed by atoms with van der Waals surface area (Å²) in [7, 11) is 0. The molecule has 1 aliphatic heterocycles. The maximum absolute atomic E-state index is 14.1. The first-order valence-electron chi connectivity index (χ1n) is 15.7. The van der Waals surface area contributed by atoms with Crippen LogP contribution in [0.1, 0.15) is 69.0 Å². The normalized spacial score (nSPS) is 15.5. The van der Waals surface area contributed by atoms with Crippen LogP contribution in [0.2, 0.25) is 0 Å². The van der Waals surface area contributed by atoms with Crippen LogP contribution in [0.4, 0.5) is 10.2 Å². The van der Waals surface area contributed by atoms with Crippen LogP contribution in [-0.4, -0.2) is 73.0 Å². The molecule has 4 heterocycles. The lowest BCUT2D eigenvalue weighted by Crippen LogP contribution is -2.45. The van der Waals surface area contributed by atoms with Crippen LogP contribution in [0.25, 0.3) is 11.5 Å². The van der Waals surface area contributed by atoms with E-state index in [1.165, 1.54) is 12.1 Å². The highest BCUT2D eigenvalue weighted by Gasteiger charge is 2.37. The second-order valence-corrected chi connectivity index (χ2v) is 13.0. The second-order valence-electron chi connectivity index (χ2n) is 13.0. The van der Waals surface area contributed by atoms with Gasteiger partial charge in [-0.15, -0.1) is 11.7 Å². The number of aryl methyl sites for hydroxylation is 1. The number of anilines is 1. The largest absolute Gasteiger partial charge is 0.489 e. The lowest BCUT2D eigenvalue weighted by atomic mass is 9.92. The molecular formula is C35H43FN6O5. The van der Waals surface area contributed by atoms with Gasteiger partial charge in [0.25, 0.3) is 0 Å². The van der Waals surface area contributed by atoms with Gasteiger partial charge in [-0.1, -0.05) is 18.7 Å². The molecule has 5 rings (SSSR count). The van der Waals surface area contributed by atoms with E-state index in [1.54, 1.807) is 46.6 Å². The molecule has 0 bridgehead atoms. The molecule has 1 atom stereocenters. The Kier molecular flexibility index (Phi) is 9.83. The molecule has 3 aromatic heterocycles.